The van der Waals surface area contributed by atoms with Crippen LogP contribution in [0.3, 0.4) is 0 Å². The van der Waals surface area contributed by atoms with Crippen LogP contribution >= 0.6 is 11.6 Å². The highest BCUT2D eigenvalue weighted by atomic mass is 35.5. The zero-order valence-corrected chi connectivity index (χ0v) is 23.8. The van der Waals surface area contributed by atoms with E-state index in [1.54, 1.807) is 24.5 Å². The van der Waals surface area contributed by atoms with Gasteiger partial charge >= 0.3 is 5.97 Å². The second-order valence-electron chi connectivity index (χ2n) is 11.6. The van der Waals surface area contributed by atoms with Gasteiger partial charge in [-0.25, -0.2) is 4.79 Å². The summed E-state index contributed by atoms with van der Waals surface area (Å²) in [6, 6.07) is 30.6. The Morgan fingerprint density at radius 1 is 0.951 bits per heavy atom. The number of rotatable bonds is 9. The molecule has 6 heteroatoms. The van der Waals surface area contributed by atoms with Crippen molar-refractivity contribution in [3.63, 3.8) is 0 Å². The van der Waals surface area contributed by atoms with E-state index in [1.165, 1.54) is 16.7 Å². The quantitative estimate of drug-likeness (QED) is 0.215. The SMILES string of the molecule is O=C(O)C1(Nc2cccc(Cl)c2)CCC2(CC1)c1ccccc1CC2C[C@@H](COc1ccncc1)c1ccccc1. The Kier molecular flexibility index (Phi) is 7.72. The topological polar surface area (TPSA) is 71.5 Å². The summed E-state index contributed by atoms with van der Waals surface area (Å²) in [7, 11) is 0. The van der Waals surface area contributed by atoms with Crippen molar-refractivity contribution in [3.8, 4) is 5.75 Å². The number of aromatic nitrogens is 1. The van der Waals surface area contributed by atoms with Gasteiger partial charge in [0.15, 0.2) is 0 Å². The Hall–Kier alpha value is -3.83. The first-order chi connectivity index (χ1) is 20.0. The van der Waals surface area contributed by atoms with Gasteiger partial charge in [0, 0.05) is 29.0 Å². The fourth-order valence-corrected chi connectivity index (χ4v) is 7.40. The molecule has 3 aromatic carbocycles. The summed E-state index contributed by atoms with van der Waals surface area (Å²) >= 11 is 6.22. The molecule has 1 fully saturated rings. The molecule has 0 amide bonds. The molecule has 0 radical (unpaired) electrons. The number of hydrogen-bond acceptors (Lipinski definition) is 4. The first-order valence-electron chi connectivity index (χ1n) is 14.4. The van der Waals surface area contributed by atoms with E-state index in [0.29, 0.717) is 30.4 Å². The number of pyridine rings is 1. The summed E-state index contributed by atoms with van der Waals surface area (Å²) in [6.07, 6.45) is 8.17. The van der Waals surface area contributed by atoms with Crippen LogP contribution in [-0.4, -0.2) is 28.2 Å². The summed E-state index contributed by atoms with van der Waals surface area (Å²) < 4.78 is 6.29. The molecule has 0 aliphatic heterocycles. The third-order valence-corrected chi connectivity index (χ3v) is 9.59. The maximum absolute atomic E-state index is 12.8. The van der Waals surface area contributed by atoms with E-state index < -0.39 is 11.5 Å². The largest absolute Gasteiger partial charge is 0.493 e. The van der Waals surface area contributed by atoms with Gasteiger partial charge in [-0.2, -0.15) is 0 Å². The molecule has 1 unspecified atom stereocenters. The molecular weight excluding hydrogens is 532 g/mol. The van der Waals surface area contributed by atoms with Crippen LogP contribution in [0.1, 0.15) is 54.7 Å². The normalized spacial score (nSPS) is 24.0. The molecular formula is C35H35ClN2O3. The van der Waals surface area contributed by atoms with E-state index in [-0.39, 0.29) is 11.3 Å². The Labute approximate surface area is 246 Å². The van der Waals surface area contributed by atoms with Crippen LogP contribution in [0.5, 0.6) is 5.75 Å². The molecule has 2 aliphatic rings. The Bertz CT molecular complexity index is 1490. The average molecular weight is 567 g/mol. The maximum atomic E-state index is 12.8. The van der Waals surface area contributed by atoms with Gasteiger partial charge in [-0.3, -0.25) is 4.98 Å². The maximum Gasteiger partial charge on any atom is 0.329 e. The van der Waals surface area contributed by atoms with Gasteiger partial charge in [0.2, 0.25) is 0 Å². The van der Waals surface area contributed by atoms with E-state index in [0.717, 1.165) is 37.1 Å². The van der Waals surface area contributed by atoms with Crippen molar-refractivity contribution in [1.82, 2.24) is 4.98 Å². The molecule has 1 saturated carbocycles. The predicted octanol–water partition coefficient (Wildman–Crippen LogP) is 7.91. The van der Waals surface area contributed by atoms with Crippen molar-refractivity contribution in [3.05, 3.63) is 125 Å². The number of anilines is 1. The van der Waals surface area contributed by atoms with Gasteiger partial charge in [0.1, 0.15) is 11.3 Å². The van der Waals surface area contributed by atoms with Gasteiger partial charge in [0.05, 0.1) is 6.61 Å². The lowest BCUT2D eigenvalue weighted by Gasteiger charge is -2.47. The Balaban J connectivity index is 1.28. The minimum atomic E-state index is -1.03. The number of benzene rings is 3. The molecule has 41 heavy (non-hydrogen) atoms. The molecule has 0 saturated heterocycles. The van der Waals surface area contributed by atoms with Crippen LogP contribution in [-0.2, 0) is 16.6 Å². The smallest absolute Gasteiger partial charge is 0.329 e. The average Bonchev–Trinajstić information content (AvgIpc) is 3.30. The second kappa shape index (κ2) is 11.6. The van der Waals surface area contributed by atoms with Crippen LogP contribution in [0.25, 0.3) is 0 Å². The molecule has 1 heterocycles. The number of hydrogen-bond donors (Lipinski definition) is 2. The molecule has 2 atom stereocenters. The summed E-state index contributed by atoms with van der Waals surface area (Å²) in [4.78, 5) is 16.9. The second-order valence-corrected chi connectivity index (χ2v) is 12.0. The fourth-order valence-electron chi connectivity index (χ4n) is 7.21. The number of carbonyl (C=O) groups is 1. The molecule has 0 bridgehead atoms. The van der Waals surface area contributed by atoms with E-state index in [2.05, 4.69) is 64.9 Å². The number of ether oxygens (including phenoxy) is 1. The van der Waals surface area contributed by atoms with Crippen LogP contribution in [0.15, 0.2) is 103 Å². The number of carboxylic acids is 1. The lowest BCUT2D eigenvalue weighted by molar-refractivity contribution is -0.144. The van der Waals surface area contributed by atoms with E-state index in [1.807, 2.05) is 24.3 Å². The van der Waals surface area contributed by atoms with Crippen LogP contribution in [0, 0.1) is 5.92 Å². The molecule has 1 aromatic heterocycles. The third kappa shape index (κ3) is 5.56. The number of fused-ring (bicyclic) bond motifs is 2. The van der Waals surface area contributed by atoms with Crippen LogP contribution in [0.2, 0.25) is 5.02 Å². The summed E-state index contributed by atoms with van der Waals surface area (Å²) in [5, 5.41) is 14.4. The van der Waals surface area contributed by atoms with Gasteiger partial charge in [-0.1, -0.05) is 72.3 Å². The molecule has 2 N–H and O–H groups in total. The van der Waals surface area contributed by atoms with Gasteiger partial charge < -0.3 is 15.2 Å². The third-order valence-electron chi connectivity index (χ3n) is 9.36. The highest BCUT2D eigenvalue weighted by Gasteiger charge is 2.54. The summed E-state index contributed by atoms with van der Waals surface area (Å²) in [6.45, 7) is 0.576. The van der Waals surface area contributed by atoms with Crippen molar-refractivity contribution < 1.29 is 14.6 Å². The van der Waals surface area contributed by atoms with Crippen LogP contribution < -0.4 is 10.1 Å². The standard InChI is InChI=1S/C35H35ClN2O3/c36-29-10-6-11-30(23-29)38-35(33(39)40)17-15-34(16-18-35)28(21-26-9-4-5-12-32(26)34)22-27(25-7-2-1-3-8-25)24-41-31-13-19-37-20-14-31/h1-14,19-20,23,27-28,38H,15-18,21-22,24H2,(H,39,40)/t27-,28?,34?,35?/m0/s1. The zero-order chi connectivity index (χ0) is 28.3. The fraction of sp³-hybridized carbons (Fsp3) is 0.314. The van der Waals surface area contributed by atoms with Crippen molar-refractivity contribution in [2.24, 2.45) is 5.92 Å². The highest BCUT2D eigenvalue weighted by Crippen LogP contribution is 2.56. The minimum Gasteiger partial charge on any atom is -0.493 e. The molecule has 6 rings (SSSR count). The number of nitrogens with zero attached hydrogens (tertiary/aromatic N) is 1. The highest BCUT2D eigenvalue weighted by molar-refractivity contribution is 6.30. The van der Waals surface area contributed by atoms with Crippen molar-refractivity contribution in [2.45, 2.75) is 55.4 Å². The van der Waals surface area contributed by atoms with Gasteiger partial charge in [-0.05, 0) is 96.9 Å². The minimum absolute atomic E-state index is 0.0742. The monoisotopic (exact) mass is 566 g/mol. The van der Waals surface area contributed by atoms with Crippen molar-refractivity contribution in [2.75, 3.05) is 11.9 Å². The molecule has 4 aromatic rings. The predicted molar refractivity (Wildman–Crippen MR) is 163 cm³/mol. The lowest BCUT2D eigenvalue weighted by atomic mass is 9.59. The Morgan fingerprint density at radius 3 is 2.41 bits per heavy atom. The first-order valence-corrected chi connectivity index (χ1v) is 14.8. The Morgan fingerprint density at radius 2 is 1.68 bits per heavy atom. The first kappa shape index (κ1) is 27.3. The zero-order valence-electron chi connectivity index (χ0n) is 23.0. The molecule has 5 nitrogen and oxygen atoms in total. The van der Waals surface area contributed by atoms with Gasteiger partial charge in [-0.15, -0.1) is 0 Å². The van der Waals surface area contributed by atoms with E-state index in [4.69, 9.17) is 16.3 Å². The molecule has 1 spiro atoms. The van der Waals surface area contributed by atoms with Gasteiger partial charge in [0.25, 0.3) is 0 Å². The molecule has 210 valence electrons. The van der Waals surface area contributed by atoms with Crippen molar-refractivity contribution >= 4 is 23.3 Å². The van der Waals surface area contributed by atoms with Crippen LogP contribution in [0.4, 0.5) is 5.69 Å². The number of carboxylic acid groups (broad SMARTS) is 1. The molecule has 2 aliphatic carbocycles. The summed E-state index contributed by atoms with van der Waals surface area (Å²) in [5.41, 5.74) is 3.71. The number of nitrogens with one attached hydrogen (secondary N) is 1. The number of halogens is 1. The lowest BCUT2D eigenvalue weighted by Crippen LogP contribution is -2.53. The van der Waals surface area contributed by atoms with E-state index in [9.17, 15) is 9.90 Å². The van der Waals surface area contributed by atoms with Crippen molar-refractivity contribution in [1.29, 1.82) is 0 Å². The summed E-state index contributed by atoms with van der Waals surface area (Å²) in [5.74, 6) is 0.602. The number of aliphatic carboxylic acids is 1. The van der Waals surface area contributed by atoms with E-state index >= 15 is 0 Å².